The number of hydrogen-bond donors (Lipinski definition) is 2. The molecule has 1 aliphatic heterocycles. The maximum atomic E-state index is 13.0. The van der Waals surface area contributed by atoms with Crippen LogP contribution in [0.4, 0.5) is 17.1 Å². The molecule has 1 atom stereocenters. The third-order valence-corrected chi connectivity index (χ3v) is 6.22. The summed E-state index contributed by atoms with van der Waals surface area (Å²) in [6, 6.07) is 20.4. The fourth-order valence-electron chi connectivity index (χ4n) is 3.84. The second-order valence-corrected chi connectivity index (χ2v) is 10.2. The molecule has 1 aliphatic rings. The number of nitrogen functional groups attached to an aromatic ring is 1. The van der Waals surface area contributed by atoms with Gasteiger partial charge in [0.25, 0.3) is 5.91 Å². The average molecular weight is 545 g/mol. The van der Waals surface area contributed by atoms with Gasteiger partial charge >= 0.3 is 5.97 Å². The van der Waals surface area contributed by atoms with E-state index >= 15 is 0 Å². The lowest BCUT2D eigenvalue weighted by Gasteiger charge is -2.28. The Morgan fingerprint density at radius 3 is 2.35 bits per heavy atom. The smallest absolute Gasteiger partial charge is 0.302 e. The van der Waals surface area contributed by atoms with Crippen molar-refractivity contribution >= 4 is 40.4 Å². The molecule has 0 bridgehead atoms. The van der Waals surface area contributed by atoms with Gasteiger partial charge in [0, 0.05) is 44.2 Å². The summed E-state index contributed by atoms with van der Waals surface area (Å²) in [6.45, 7) is 4.32. The van der Waals surface area contributed by atoms with E-state index in [0.717, 1.165) is 11.4 Å². The van der Waals surface area contributed by atoms with Crippen LogP contribution in [0.15, 0.2) is 77.9 Å². The van der Waals surface area contributed by atoms with Gasteiger partial charge in [-0.3, -0.25) is 24.4 Å². The molecule has 10 heteroatoms. The van der Waals surface area contributed by atoms with Crippen molar-refractivity contribution in [3.63, 3.8) is 0 Å². The summed E-state index contributed by atoms with van der Waals surface area (Å²) < 4.78 is 5.02. The molecule has 210 valence electrons. The highest BCUT2D eigenvalue weighted by molar-refractivity contribution is 6.20. The first-order valence-electron chi connectivity index (χ1n) is 12.8. The van der Waals surface area contributed by atoms with Gasteiger partial charge in [-0.2, -0.15) is 0 Å². The van der Waals surface area contributed by atoms with Gasteiger partial charge in [-0.05, 0) is 50.2 Å². The summed E-state index contributed by atoms with van der Waals surface area (Å²) in [4.78, 5) is 49.3. The number of amides is 1. The van der Waals surface area contributed by atoms with Gasteiger partial charge in [0.05, 0.1) is 29.1 Å². The maximum Gasteiger partial charge on any atom is 0.302 e. The molecular weight excluding hydrogens is 508 g/mol. The van der Waals surface area contributed by atoms with Gasteiger partial charge in [0.1, 0.15) is 6.61 Å². The first kappa shape index (κ1) is 30.0. The van der Waals surface area contributed by atoms with E-state index in [0.29, 0.717) is 22.7 Å². The number of fused-ring (bicyclic) bond motifs is 1. The van der Waals surface area contributed by atoms with Crippen LogP contribution in [-0.4, -0.2) is 61.8 Å². The quantitative estimate of drug-likeness (QED) is 0.341. The molecule has 4 rings (SSSR count). The predicted octanol–water partition coefficient (Wildman–Crippen LogP) is 3.04. The number of esters is 1. The van der Waals surface area contributed by atoms with E-state index < -0.39 is 23.5 Å². The highest BCUT2D eigenvalue weighted by Gasteiger charge is 2.36. The predicted molar refractivity (Wildman–Crippen MR) is 157 cm³/mol. The number of carbonyl (C=O) groups is 3. The fraction of sp³-hybridized carbons (Fsp3) is 0.300. The Balaban J connectivity index is 0.000000371. The number of aromatic nitrogens is 1. The molecule has 0 radical (unpaired) electrons. The number of Topliss-reactive ketones (excluding diaryl/α,β-unsaturated/α-hetero) is 1. The summed E-state index contributed by atoms with van der Waals surface area (Å²) >= 11 is 0. The van der Waals surface area contributed by atoms with Crippen LogP contribution < -0.4 is 21.3 Å². The molecule has 2 heterocycles. The number of aliphatic imine (C=N–C) groups is 1. The largest absolute Gasteiger partial charge is 0.465 e. The summed E-state index contributed by atoms with van der Waals surface area (Å²) in [5.74, 6) is -1.23. The van der Waals surface area contributed by atoms with E-state index in [2.05, 4.69) is 9.98 Å². The van der Waals surface area contributed by atoms with Crippen LogP contribution in [0.3, 0.4) is 0 Å². The molecule has 0 saturated heterocycles. The molecule has 2 aromatic carbocycles. The molecule has 1 aromatic heterocycles. The standard InChI is InChI=1S/C22H24N4O4.C8H12N2/c1-14(27)30-13-22(2,3)18(28)12-26-17-10-5-4-8-15(17)19(25-20(23)21(26)29)16-9-6-7-11-24-16;1-10(2)8-5-3-4-7(9)6-8/h4-11,20H,12-13,23H2,1-3H3;3-6H,9H2,1-2H3/t20-;/m1./s1. The van der Waals surface area contributed by atoms with E-state index in [-0.39, 0.29) is 18.9 Å². The molecule has 1 amide bonds. The normalized spacial score (nSPS) is 14.7. The van der Waals surface area contributed by atoms with Crippen molar-refractivity contribution in [3.8, 4) is 0 Å². The zero-order valence-corrected chi connectivity index (χ0v) is 23.5. The number of rotatable bonds is 7. The topological polar surface area (TPSA) is 144 Å². The Hall–Kier alpha value is -4.57. The number of ketones is 1. The number of anilines is 3. The number of nitrogens with zero attached hydrogens (tertiary/aromatic N) is 4. The highest BCUT2D eigenvalue weighted by atomic mass is 16.5. The van der Waals surface area contributed by atoms with E-state index in [1.165, 1.54) is 11.8 Å². The average Bonchev–Trinajstić information content (AvgIpc) is 3.03. The van der Waals surface area contributed by atoms with E-state index in [1.54, 1.807) is 44.3 Å². The molecule has 4 N–H and O–H groups in total. The van der Waals surface area contributed by atoms with Crippen molar-refractivity contribution in [1.29, 1.82) is 0 Å². The number of benzodiazepines with no additional fused rings is 1. The molecule has 10 nitrogen and oxygen atoms in total. The van der Waals surface area contributed by atoms with Crippen molar-refractivity contribution in [2.75, 3.05) is 42.8 Å². The van der Waals surface area contributed by atoms with Crippen molar-refractivity contribution in [3.05, 3.63) is 84.2 Å². The minimum absolute atomic E-state index is 0.0768. The highest BCUT2D eigenvalue weighted by Crippen LogP contribution is 2.29. The van der Waals surface area contributed by atoms with Crippen molar-refractivity contribution < 1.29 is 19.1 Å². The van der Waals surface area contributed by atoms with Gasteiger partial charge in [0.15, 0.2) is 11.9 Å². The van der Waals surface area contributed by atoms with Crippen molar-refractivity contribution in [1.82, 2.24) is 4.98 Å². The SMILES string of the molecule is CC(=O)OCC(C)(C)C(=O)CN1C(=O)[C@H](N)N=C(c2ccccn2)c2ccccc21.CN(C)c1cccc(N)c1. The van der Waals surface area contributed by atoms with Gasteiger partial charge in [-0.1, -0.05) is 30.3 Å². The Morgan fingerprint density at radius 1 is 1.05 bits per heavy atom. The first-order chi connectivity index (χ1) is 18.9. The monoisotopic (exact) mass is 544 g/mol. The lowest BCUT2D eigenvalue weighted by molar-refractivity contribution is -0.146. The maximum absolute atomic E-state index is 13.0. The summed E-state index contributed by atoms with van der Waals surface area (Å²) in [5, 5.41) is 0. The van der Waals surface area contributed by atoms with Gasteiger partial charge in [0.2, 0.25) is 0 Å². The summed E-state index contributed by atoms with van der Waals surface area (Å²) in [6.07, 6.45) is 0.455. The zero-order valence-electron chi connectivity index (χ0n) is 23.5. The van der Waals surface area contributed by atoms with E-state index in [1.807, 2.05) is 61.5 Å². The number of benzene rings is 2. The molecule has 0 saturated carbocycles. The lowest BCUT2D eigenvalue weighted by atomic mass is 9.88. The molecule has 0 aliphatic carbocycles. The second kappa shape index (κ2) is 13.0. The van der Waals surface area contributed by atoms with E-state index in [9.17, 15) is 14.4 Å². The van der Waals surface area contributed by atoms with Crippen LogP contribution >= 0.6 is 0 Å². The molecular formula is C30H36N6O4. The van der Waals surface area contributed by atoms with Crippen LogP contribution in [0.1, 0.15) is 32.0 Å². The second-order valence-electron chi connectivity index (χ2n) is 10.2. The Labute approximate surface area is 234 Å². The first-order valence-corrected chi connectivity index (χ1v) is 12.8. The number of hydrogen-bond acceptors (Lipinski definition) is 9. The molecule has 0 unspecified atom stereocenters. The van der Waals surface area contributed by atoms with Gasteiger partial charge in [-0.15, -0.1) is 0 Å². The minimum atomic E-state index is -1.18. The number of carbonyl (C=O) groups excluding carboxylic acids is 3. The van der Waals surface area contributed by atoms with Crippen LogP contribution in [0, 0.1) is 5.41 Å². The Kier molecular flexibility index (Phi) is 9.73. The van der Waals surface area contributed by atoms with E-state index in [4.69, 9.17) is 16.2 Å². The number of nitrogens with two attached hydrogens (primary N) is 2. The number of pyridine rings is 1. The summed E-state index contributed by atoms with van der Waals surface area (Å²) in [5.41, 5.74) is 14.9. The van der Waals surface area contributed by atoms with Crippen molar-refractivity contribution in [2.45, 2.75) is 26.9 Å². The summed E-state index contributed by atoms with van der Waals surface area (Å²) in [7, 11) is 3.99. The number of ether oxygens (including phenoxy) is 1. The lowest BCUT2D eigenvalue weighted by Crippen LogP contribution is -2.47. The minimum Gasteiger partial charge on any atom is -0.465 e. The third kappa shape index (κ3) is 7.51. The molecule has 0 spiro atoms. The third-order valence-electron chi connectivity index (χ3n) is 6.22. The van der Waals surface area contributed by atoms with Gasteiger partial charge < -0.3 is 26.0 Å². The van der Waals surface area contributed by atoms with Crippen LogP contribution in [0.5, 0.6) is 0 Å². The molecule has 0 fully saturated rings. The fourth-order valence-corrected chi connectivity index (χ4v) is 3.84. The molecule has 3 aromatic rings. The van der Waals surface area contributed by atoms with Crippen LogP contribution in [-0.2, 0) is 19.1 Å². The Bertz CT molecular complexity index is 1390. The molecule has 40 heavy (non-hydrogen) atoms. The zero-order chi connectivity index (χ0) is 29.4. The number of para-hydroxylation sites is 1. The Morgan fingerprint density at radius 2 is 1.75 bits per heavy atom. The van der Waals surface area contributed by atoms with Crippen molar-refractivity contribution in [2.24, 2.45) is 16.1 Å². The van der Waals surface area contributed by atoms with Crippen LogP contribution in [0.25, 0.3) is 0 Å². The van der Waals surface area contributed by atoms with Crippen LogP contribution in [0.2, 0.25) is 0 Å². The van der Waals surface area contributed by atoms with Gasteiger partial charge in [-0.25, -0.2) is 0 Å².